The fourth-order valence-corrected chi connectivity index (χ4v) is 3.49. The van der Waals surface area contributed by atoms with Gasteiger partial charge >= 0.3 is 0 Å². The maximum Gasteiger partial charge on any atom is 0.182 e. The summed E-state index contributed by atoms with van der Waals surface area (Å²) in [6.45, 7) is 5.53. The van der Waals surface area contributed by atoms with E-state index in [2.05, 4.69) is 24.8 Å². The average Bonchev–Trinajstić information content (AvgIpc) is 2.80. The lowest BCUT2D eigenvalue weighted by atomic mass is 10.2. The van der Waals surface area contributed by atoms with Gasteiger partial charge in [-0.15, -0.1) is 0 Å². The van der Waals surface area contributed by atoms with Gasteiger partial charge in [0.25, 0.3) is 0 Å². The predicted molar refractivity (Wildman–Crippen MR) is 71.0 cm³/mol. The number of nitrogens with zero attached hydrogens (tertiary/aromatic N) is 4. The van der Waals surface area contributed by atoms with Crippen LogP contribution in [0.4, 0.5) is 5.82 Å². The second-order valence-electron chi connectivity index (χ2n) is 5.03. The molecule has 3 rings (SSSR count). The maximum atomic E-state index is 11.9. The molecule has 1 fully saturated rings. The minimum absolute atomic E-state index is 0.213. The fourth-order valence-electron chi connectivity index (χ4n) is 2.25. The molecule has 0 saturated carbocycles. The van der Waals surface area contributed by atoms with Crippen LogP contribution in [0.2, 0.25) is 0 Å². The van der Waals surface area contributed by atoms with E-state index in [1.165, 1.54) is 6.33 Å². The van der Waals surface area contributed by atoms with E-state index in [0.29, 0.717) is 11.4 Å². The Balaban J connectivity index is 2.00. The number of aromatic nitrogens is 4. The molecule has 0 bridgehead atoms. The molecule has 0 spiro atoms. The zero-order valence-corrected chi connectivity index (χ0v) is 11.2. The minimum Gasteiger partial charge on any atom is -0.352 e. The predicted octanol–water partition coefficient (Wildman–Crippen LogP) is 0.700. The van der Waals surface area contributed by atoms with E-state index in [1.807, 2.05) is 13.8 Å². The molecular weight excluding hydrogens is 250 g/mol. The van der Waals surface area contributed by atoms with E-state index in [0.717, 1.165) is 24.4 Å². The summed E-state index contributed by atoms with van der Waals surface area (Å²) in [7, 11) is -0.780. The molecule has 7 heteroatoms. The molecular formula is C11H15N5OS. The lowest BCUT2D eigenvalue weighted by molar-refractivity contribution is 0.587. The van der Waals surface area contributed by atoms with Crippen molar-refractivity contribution in [2.45, 2.75) is 18.6 Å². The van der Waals surface area contributed by atoms with Gasteiger partial charge in [0.05, 0.1) is 11.1 Å². The van der Waals surface area contributed by atoms with E-state index in [9.17, 15) is 4.21 Å². The number of nitrogens with one attached hydrogen (secondary N) is 1. The van der Waals surface area contributed by atoms with E-state index in [1.54, 1.807) is 6.33 Å². The van der Waals surface area contributed by atoms with Gasteiger partial charge in [0.1, 0.15) is 11.8 Å². The summed E-state index contributed by atoms with van der Waals surface area (Å²) >= 11 is 0. The number of hydrogen-bond acceptors (Lipinski definition) is 5. The summed E-state index contributed by atoms with van der Waals surface area (Å²) in [6, 6.07) is 0. The third-order valence-corrected chi connectivity index (χ3v) is 5.15. The fraction of sp³-hybridized carbons (Fsp3) is 0.545. The zero-order valence-electron chi connectivity index (χ0n) is 10.4. The van der Waals surface area contributed by atoms with Gasteiger partial charge in [-0.1, -0.05) is 0 Å². The summed E-state index contributed by atoms with van der Waals surface area (Å²) in [5, 5.41) is 0. The number of H-pyrrole nitrogens is 1. The Hall–Kier alpha value is -1.50. The van der Waals surface area contributed by atoms with Crippen LogP contribution in [-0.2, 0) is 10.8 Å². The highest BCUT2D eigenvalue weighted by Crippen LogP contribution is 2.26. The van der Waals surface area contributed by atoms with E-state index in [4.69, 9.17) is 0 Å². The smallest absolute Gasteiger partial charge is 0.182 e. The van der Waals surface area contributed by atoms with Gasteiger partial charge < -0.3 is 9.88 Å². The third-order valence-electron chi connectivity index (χ3n) is 3.24. The number of rotatable bonds is 1. The van der Waals surface area contributed by atoms with Crippen LogP contribution in [0.25, 0.3) is 11.2 Å². The molecule has 0 amide bonds. The second-order valence-corrected chi connectivity index (χ2v) is 7.23. The second kappa shape index (κ2) is 4.01. The Morgan fingerprint density at radius 1 is 1.39 bits per heavy atom. The third kappa shape index (κ3) is 1.78. The van der Waals surface area contributed by atoms with Gasteiger partial charge in [0, 0.05) is 29.6 Å². The van der Waals surface area contributed by atoms with Crippen LogP contribution in [-0.4, -0.2) is 47.7 Å². The van der Waals surface area contributed by atoms with Gasteiger partial charge in [-0.2, -0.15) is 0 Å². The maximum absolute atomic E-state index is 11.9. The number of imidazole rings is 1. The summed E-state index contributed by atoms with van der Waals surface area (Å²) in [5.41, 5.74) is 1.52. The highest BCUT2D eigenvalue weighted by atomic mass is 32.2. The average molecular weight is 265 g/mol. The molecule has 1 atom stereocenters. The first kappa shape index (κ1) is 11.6. The van der Waals surface area contributed by atoms with Gasteiger partial charge in [-0.25, -0.2) is 15.0 Å². The number of hydrogen-bond donors (Lipinski definition) is 1. The van der Waals surface area contributed by atoms with Crippen LogP contribution >= 0.6 is 0 Å². The van der Waals surface area contributed by atoms with Crippen molar-refractivity contribution in [1.29, 1.82) is 0 Å². The van der Waals surface area contributed by atoms with Gasteiger partial charge in [-0.3, -0.25) is 4.21 Å². The van der Waals surface area contributed by atoms with Crippen LogP contribution in [0.1, 0.15) is 13.8 Å². The summed E-state index contributed by atoms with van der Waals surface area (Å²) in [6.07, 6.45) is 3.15. The molecule has 1 N–H and O–H groups in total. The van der Waals surface area contributed by atoms with E-state index in [-0.39, 0.29) is 4.75 Å². The Bertz CT molecular complexity index is 608. The minimum atomic E-state index is -0.780. The Labute approximate surface area is 107 Å². The standard InChI is InChI=1S/C11H15N5OS/c1-11(2)5-16(3-4-18(11)17)10-8-9(13-6-12-8)14-7-15-10/h6-7H,3-5H2,1-2H3,(H,12,13,14,15). The van der Waals surface area contributed by atoms with E-state index < -0.39 is 10.8 Å². The zero-order chi connectivity index (χ0) is 12.8. The SMILES string of the molecule is CC1(C)CN(c2ncnc3nc[nH]c23)CCS1=O. The normalized spacial score (nSPS) is 23.4. The Kier molecular flexibility index (Phi) is 2.58. The molecule has 0 aliphatic carbocycles. The number of anilines is 1. The van der Waals surface area contributed by atoms with E-state index >= 15 is 0 Å². The number of fused-ring (bicyclic) bond motifs is 1. The van der Waals surface area contributed by atoms with Crippen molar-refractivity contribution >= 4 is 27.8 Å². The van der Waals surface area contributed by atoms with Crippen LogP contribution in [0.15, 0.2) is 12.7 Å². The first-order chi connectivity index (χ1) is 8.58. The lowest BCUT2D eigenvalue weighted by Gasteiger charge is -2.37. The van der Waals surface area contributed by atoms with Gasteiger partial charge in [0.15, 0.2) is 11.5 Å². The van der Waals surface area contributed by atoms with Crippen LogP contribution in [0.5, 0.6) is 0 Å². The molecule has 2 aromatic rings. The molecule has 18 heavy (non-hydrogen) atoms. The largest absolute Gasteiger partial charge is 0.352 e. The van der Waals surface area contributed by atoms with Crippen molar-refractivity contribution in [3.8, 4) is 0 Å². The van der Waals surface area contributed by atoms with Crippen LogP contribution in [0, 0.1) is 0 Å². The van der Waals surface area contributed by atoms with Crippen LogP contribution < -0.4 is 4.90 Å². The Morgan fingerprint density at radius 3 is 3.00 bits per heavy atom. The first-order valence-electron chi connectivity index (χ1n) is 5.85. The van der Waals surface area contributed by atoms with Crippen molar-refractivity contribution in [2.24, 2.45) is 0 Å². The summed E-state index contributed by atoms with van der Waals surface area (Å²) < 4.78 is 11.7. The molecule has 1 aliphatic rings. The first-order valence-corrected chi connectivity index (χ1v) is 7.17. The highest BCUT2D eigenvalue weighted by molar-refractivity contribution is 7.86. The van der Waals surface area contributed by atoms with Crippen molar-refractivity contribution in [2.75, 3.05) is 23.7 Å². The molecule has 0 radical (unpaired) electrons. The molecule has 96 valence electrons. The molecule has 6 nitrogen and oxygen atoms in total. The molecule has 1 aliphatic heterocycles. The molecule has 2 aromatic heterocycles. The summed E-state index contributed by atoms with van der Waals surface area (Å²) in [5.74, 6) is 1.52. The highest BCUT2D eigenvalue weighted by Gasteiger charge is 2.34. The molecule has 1 saturated heterocycles. The van der Waals surface area contributed by atoms with Gasteiger partial charge in [0.2, 0.25) is 0 Å². The van der Waals surface area contributed by atoms with Crippen molar-refractivity contribution in [1.82, 2.24) is 19.9 Å². The topological polar surface area (TPSA) is 74.8 Å². The molecule has 0 aromatic carbocycles. The quantitative estimate of drug-likeness (QED) is 0.821. The van der Waals surface area contributed by atoms with Crippen molar-refractivity contribution < 1.29 is 4.21 Å². The monoisotopic (exact) mass is 265 g/mol. The summed E-state index contributed by atoms with van der Waals surface area (Å²) in [4.78, 5) is 17.8. The molecule has 3 heterocycles. The Morgan fingerprint density at radius 2 is 2.22 bits per heavy atom. The van der Waals surface area contributed by atoms with Crippen molar-refractivity contribution in [3.63, 3.8) is 0 Å². The van der Waals surface area contributed by atoms with Crippen molar-refractivity contribution in [3.05, 3.63) is 12.7 Å². The van der Waals surface area contributed by atoms with Gasteiger partial charge in [-0.05, 0) is 13.8 Å². The number of aromatic amines is 1. The lowest BCUT2D eigenvalue weighted by Crippen LogP contribution is -2.50. The molecule has 1 unspecified atom stereocenters. The van der Waals surface area contributed by atoms with Crippen LogP contribution in [0.3, 0.4) is 0 Å².